The normalized spacial score (nSPS) is 17.4. The second-order valence-corrected chi connectivity index (χ2v) is 5.32. The van der Waals surface area contributed by atoms with Crippen molar-refractivity contribution in [3.8, 4) is 5.75 Å². The lowest BCUT2D eigenvalue weighted by atomic mass is 10.1. The molecule has 0 unspecified atom stereocenters. The van der Waals surface area contributed by atoms with Gasteiger partial charge in [-0.3, -0.25) is 10.1 Å². The van der Waals surface area contributed by atoms with Gasteiger partial charge < -0.3 is 9.64 Å². The largest absolute Gasteiger partial charge is 0.487 e. The first-order valence-electron chi connectivity index (χ1n) is 6.82. The van der Waals surface area contributed by atoms with E-state index in [1.807, 2.05) is 0 Å². The zero-order valence-electron chi connectivity index (χ0n) is 11.7. The molecular weight excluding hydrogens is 263 g/mol. The van der Waals surface area contributed by atoms with Crippen molar-refractivity contribution in [1.29, 1.82) is 0 Å². The smallest absolute Gasteiger partial charge is 0.272 e. The minimum Gasteiger partial charge on any atom is -0.487 e. The van der Waals surface area contributed by atoms with Crippen molar-refractivity contribution >= 4 is 5.69 Å². The lowest BCUT2D eigenvalue weighted by Gasteiger charge is -2.34. The molecule has 0 aliphatic carbocycles. The Bertz CT molecular complexity index is 485. The Hall–Kier alpha value is -1.69. The molecule has 0 N–H and O–H groups in total. The lowest BCUT2D eigenvalue weighted by Crippen LogP contribution is -2.41. The van der Waals surface area contributed by atoms with E-state index in [4.69, 9.17) is 4.74 Å². The van der Waals surface area contributed by atoms with Crippen LogP contribution in [0.25, 0.3) is 0 Å². The van der Waals surface area contributed by atoms with E-state index in [-0.39, 0.29) is 17.5 Å². The number of halogens is 1. The molecule has 110 valence electrons. The maximum atomic E-state index is 13.7. The Kier molecular flexibility index (Phi) is 4.54. The van der Waals surface area contributed by atoms with Gasteiger partial charge in [-0.1, -0.05) is 0 Å². The van der Waals surface area contributed by atoms with Gasteiger partial charge in [0.25, 0.3) is 5.69 Å². The number of ether oxygens (including phenoxy) is 1. The van der Waals surface area contributed by atoms with Gasteiger partial charge in [-0.15, -0.1) is 0 Å². The summed E-state index contributed by atoms with van der Waals surface area (Å²) in [7, 11) is 0. The summed E-state index contributed by atoms with van der Waals surface area (Å²) in [5.74, 6) is -0.580. The highest BCUT2D eigenvalue weighted by Gasteiger charge is 2.23. The monoisotopic (exact) mass is 282 g/mol. The number of non-ortho nitro benzene ring substituents is 1. The van der Waals surface area contributed by atoms with Crippen molar-refractivity contribution in [3.05, 3.63) is 34.1 Å². The van der Waals surface area contributed by atoms with Gasteiger partial charge in [0.15, 0.2) is 11.6 Å². The highest BCUT2D eigenvalue weighted by Crippen LogP contribution is 2.26. The highest BCUT2D eigenvalue weighted by atomic mass is 19.1. The van der Waals surface area contributed by atoms with Gasteiger partial charge in [0.2, 0.25) is 0 Å². The maximum absolute atomic E-state index is 13.7. The molecule has 0 spiro atoms. The van der Waals surface area contributed by atoms with E-state index in [2.05, 4.69) is 18.7 Å². The Morgan fingerprint density at radius 1 is 1.40 bits per heavy atom. The minimum atomic E-state index is -0.675. The number of nitrogens with zero attached hydrogens (tertiary/aromatic N) is 2. The zero-order valence-corrected chi connectivity index (χ0v) is 11.7. The summed E-state index contributed by atoms with van der Waals surface area (Å²) >= 11 is 0. The summed E-state index contributed by atoms with van der Waals surface area (Å²) in [5, 5.41) is 10.5. The van der Waals surface area contributed by atoms with E-state index in [1.54, 1.807) is 0 Å². The molecule has 1 aliphatic heterocycles. The van der Waals surface area contributed by atoms with Crippen molar-refractivity contribution < 1.29 is 14.1 Å². The summed E-state index contributed by atoms with van der Waals surface area (Å²) in [6.07, 6.45) is 1.66. The van der Waals surface area contributed by atoms with Crippen LogP contribution in [0.4, 0.5) is 10.1 Å². The van der Waals surface area contributed by atoms with Gasteiger partial charge in [0.1, 0.15) is 6.10 Å². The first-order valence-corrected chi connectivity index (χ1v) is 6.82. The third-order valence-corrected chi connectivity index (χ3v) is 3.63. The standard InChI is InChI=1S/C14H19FN2O3/c1-10(2)16-7-5-12(6-8-16)20-14-4-3-11(17(18)19)9-13(14)15/h3-4,9-10,12H,5-8H2,1-2H3. The topological polar surface area (TPSA) is 55.6 Å². The summed E-state index contributed by atoms with van der Waals surface area (Å²) in [6, 6.07) is 4.01. The van der Waals surface area contributed by atoms with Crippen LogP contribution in [0.3, 0.4) is 0 Å². The van der Waals surface area contributed by atoms with Crippen LogP contribution >= 0.6 is 0 Å². The molecule has 20 heavy (non-hydrogen) atoms. The van der Waals surface area contributed by atoms with Crippen LogP contribution in [0, 0.1) is 15.9 Å². The number of hydrogen-bond acceptors (Lipinski definition) is 4. The van der Waals surface area contributed by atoms with E-state index in [1.165, 1.54) is 12.1 Å². The third-order valence-electron chi connectivity index (χ3n) is 3.63. The Balaban J connectivity index is 1.96. The van der Waals surface area contributed by atoms with Gasteiger partial charge in [-0.25, -0.2) is 4.39 Å². The van der Waals surface area contributed by atoms with Crippen molar-refractivity contribution in [2.24, 2.45) is 0 Å². The van der Waals surface area contributed by atoms with Crippen LogP contribution < -0.4 is 4.74 Å². The molecule has 1 heterocycles. The molecule has 6 heteroatoms. The van der Waals surface area contributed by atoms with Gasteiger partial charge >= 0.3 is 0 Å². The molecule has 0 atom stereocenters. The van der Waals surface area contributed by atoms with Gasteiger partial charge in [-0.2, -0.15) is 0 Å². The number of likely N-dealkylation sites (tertiary alicyclic amines) is 1. The number of hydrogen-bond donors (Lipinski definition) is 0. The maximum Gasteiger partial charge on any atom is 0.272 e. The number of rotatable bonds is 4. The van der Waals surface area contributed by atoms with Crippen LogP contribution in [-0.2, 0) is 0 Å². The Morgan fingerprint density at radius 3 is 2.55 bits per heavy atom. The molecule has 1 aliphatic rings. The first-order chi connectivity index (χ1) is 9.47. The number of benzene rings is 1. The number of nitro benzene ring substituents is 1. The predicted molar refractivity (Wildman–Crippen MR) is 73.4 cm³/mol. The Morgan fingerprint density at radius 2 is 2.05 bits per heavy atom. The summed E-state index contributed by atoms with van der Waals surface area (Å²) in [5.41, 5.74) is -0.260. The van der Waals surface area contributed by atoms with Crippen molar-refractivity contribution in [2.45, 2.75) is 38.8 Å². The van der Waals surface area contributed by atoms with Crippen LogP contribution in [0.1, 0.15) is 26.7 Å². The van der Waals surface area contributed by atoms with Gasteiger partial charge in [0, 0.05) is 25.2 Å². The van der Waals surface area contributed by atoms with E-state index < -0.39 is 10.7 Å². The van der Waals surface area contributed by atoms with Crippen molar-refractivity contribution in [1.82, 2.24) is 4.90 Å². The van der Waals surface area contributed by atoms with E-state index in [9.17, 15) is 14.5 Å². The van der Waals surface area contributed by atoms with Crippen molar-refractivity contribution in [3.63, 3.8) is 0 Å². The summed E-state index contributed by atoms with van der Waals surface area (Å²) in [4.78, 5) is 12.3. The molecule has 0 aromatic heterocycles. The van der Waals surface area contributed by atoms with Gasteiger partial charge in [0.05, 0.1) is 11.0 Å². The molecule has 1 aromatic carbocycles. The highest BCUT2D eigenvalue weighted by molar-refractivity contribution is 5.37. The summed E-state index contributed by atoms with van der Waals surface area (Å²) < 4.78 is 19.4. The molecule has 5 nitrogen and oxygen atoms in total. The molecule has 1 saturated heterocycles. The molecule has 0 bridgehead atoms. The zero-order chi connectivity index (χ0) is 14.7. The summed E-state index contributed by atoms with van der Waals surface area (Å²) in [6.45, 7) is 6.15. The molecule has 0 amide bonds. The van der Waals surface area contributed by atoms with Crippen LogP contribution in [0.5, 0.6) is 5.75 Å². The molecule has 1 aromatic rings. The SMILES string of the molecule is CC(C)N1CCC(Oc2ccc([N+](=O)[O-])cc2F)CC1. The lowest BCUT2D eigenvalue weighted by molar-refractivity contribution is -0.385. The third kappa shape index (κ3) is 3.45. The fraction of sp³-hybridized carbons (Fsp3) is 0.571. The quantitative estimate of drug-likeness (QED) is 0.629. The Labute approximate surface area is 117 Å². The fourth-order valence-corrected chi connectivity index (χ4v) is 2.39. The number of nitro groups is 1. The van der Waals surface area contributed by atoms with E-state index in [0.717, 1.165) is 32.0 Å². The molecule has 0 radical (unpaired) electrons. The predicted octanol–water partition coefficient (Wildman–Crippen LogP) is 2.99. The van der Waals surface area contributed by atoms with Gasteiger partial charge in [-0.05, 0) is 32.8 Å². The van der Waals surface area contributed by atoms with Crippen LogP contribution in [0.2, 0.25) is 0 Å². The average Bonchev–Trinajstić information content (AvgIpc) is 2.41. The van der Waals surface area contributed by atoms with Crippen molar-refractivity contribution in [2.75, 3.05) is 13.1 Å². The van der Waals surface area contributed by atoms with E-state index in [0.29, 0.717) is 6.04 Å². The minimum absolute atomic E-state index is 0.0269. The van der Waals surface area contributed by atoms with Crippen LogP contribution in [-0.4, -0.2) is 35.1 Å². The number of piperidine rings is 1. The fourth-order valence-electron chi connectivity index (χ4n) is 2.39. The molecule has 2 rings (SSSR count). The second kappa shape index (κ2) is 6.17. The molecular formula is C14H19FN2O3. The average molecular weight is 282 g/mol. The van der Waals surface area contributed by atoms with E-state index >= 15 is 0 Å². The molecule has 0 saturated carbocycles. The van der Waals surface area contributed by atoms with Crippen LogP contribution in [0.15, 0.2) is 18.2 Å². The first kappa shape index (κ1) is 14.7. The second-order valence-electron chi connectivity index (χ2n) is 5.32. The molecule has 1 fully saturated rings.